The summed E-state index contributed by atoms with van der Waals surface area (Å²) < 4.78 is 3.89. The third-order valence-electron chi connectivity index (χ3n) is 2.83. The van der Waals surface area contributed by atoms with Crippen LogP contribution >= 0.6 is 0 Å². The molecule has 0 radical (unpaired) electrons. The Bertz CT molecular complexity index is 442. The van der Waals surface area contributed by atoms with Crippen LogP contribution in [0, 0.1) is 0 Å². The summed E-state index contributed by atoms with van der Waals surface area (Å²) in [6.07, 6.45) is 7.83. The van der Waals surface area contributed by atoms with E-state index in [9.17, 15) is 0 Å². The third-order valence-corrected chi connectivity index (χ3v) is 2.83. The van der Waals surface area contributed by atoms with E-state index in [-0.39, 0.29) is 47.2 Å². The van der Waals surface area contributed by atoms with Gasteiger partial charge in [0.25, 0.3) is 0 Å². The van der Waals surface area contributed by atoms with Gasteiger partial charge in [-0.3, -0.25) is 0 Å². The third kappa shape index (κ3) is 5.28. The molecule has 0 saturated heterocycles. The summed E-state index contributed by atoms with van der Waals surface area (Å²) in [6.45, 7) is 1.53. The molecule has 0 amide bonds. The van der Waals surface area contributed by atoms with E-state index >= 15 is 0 Å². The van der Waals surface area contributed by atoms with Crippen LogP contribution in [0.25, 0.3) is 11.1 Å². The summed E-state index contributed by atoms with van der Waals surface area (Å²) in [7, 11) is 0. The summed E-state index contributed by atoms with van der Waals surface area (Å²) in [5.74, 6) is 0. The highest BCUT2D eigenvalue weighted by molar-refractivity contribution is 5.60. The number of aliphatic hydroxyl groups excluding tert-OH is 2. The Balaban J connectivity index is 0.00000180. The first-order valence-electron chi connectivity index (χ1n) is 6.04. The van der Waals surface area contributed by atoms with E-state index in [1.54, 1.807) is 0 Å². The Hall–Kier alpha value is -0.820. The molecule has 0 unspecified atom stereocenters. The van der Waals surface area contributed by atoms with E-state index in [4.69, 9.17) is 10.2 Å². The zero-order chi connectivity index (χ0) is 12.8. The second-order valence-electron chi connectivity index (χ2n) is 4.10. The van der Waals surface area contributed by atoms with Gasteiger partial charge in [0, 0.05) is 24.3 Å². The average Bonchev–Trinajstić information content (AvgIpc) is 2.41. The van der Waals surface area contributed by atoms with Gasteiger partial charge in [0.2, 0.25) is 0 Å². The number of pyridine rings is 2. The SMILES string of the molecule is OCC[n+]1ccc(-c2cc[n+](CCO)cc2)cc1.[Br-].[Br-]. The summed E-state index contributed by atoms with van der Waals surface area (Å²) in [6, 6.07) is 8.12. The second-order valence-corrected chi connectivity index (χ2v) is 4.10. The molecule has 110 valence electrons. The van der Waals surface area contributed by atoms with Gasteiger partial charge in [0.15, 0.2) is 37.9 Å². The van der Waals surface area contributed by atoms with Crippen molar-refractivity contribution in [2.24, 2.45) is 0 Å². The molecule has 0 aliphatic carbocycles. The Morgan fingerprint density at radius 3 is 1.20 bits per heavy atom. The van der Waals surface area contributed by atoms with Crippen LogP contribution in [-0.4, -0.2) is 23.4 Å². The molecule has 2 aromatic heterocycles. The van der Waals surface area contributed by atoms with E-state index in [0.717, 1.165) is 11.1 Å². The highest BCUT2D eigenvalue weighted by Crippen LogP contribution is 2.15. The van der Waals surface area contributed by atoms with Crippen LogP contribution in [0.4, 0.5) is 0 Å². The molecule has 0 bridgehead atoms. The summed E-state index contributed by atoms with van der Waals surface area (Å²) in [4.78, 5) is 0. The predicted octanol–water partition coefficient (Wildman–Crippen LogP) is -6.08. The molecule has 0 aliphatic heterocycles. The standard InChI is InChI=1S/C14H18N2O2.2BrH/c17-11-9-15-5-1-13(2-6-15)14-3-7-16(8-4-14)10-12-18;;/h1-8,17-18H,9-12H2;2*1H/q+2;;/p-2. The molecule has 0 aliphatic rings. The lowest BCUT2D eigenvalue weighted by atomic mass is 10.1. The van der Waals surface area contributed by atoms with Crippen molar-refractivity contribution in [1.82, 2.24) is 0 Å². The fourth-order valence-electron chi connectivity index (χ4n) is 1.83. The van der Waals surface area contributed by atoms with Crippen molar-refractivity contribution >= 4 is 0 Å². The number of hydrogen-bond donors (Lipinski definition) is 2. The van der Waals surface area contributed by atoms with Gasteiger partial charge in [-0.1, -0.05) is 0 Å². The molecule has 2 aromatic rings. The summed E-state index contributed by atoms with van der Waals surface area (Å²) >= 11 is 0. The summed E-state index contributed by atoms with van der Waals surface area (Å²) in [5, 5.41) is 17.7. The van der Waals surface area contributed by atoms with Crippen molar-refractivity contribution in [3.8, 4) is 11.1 Å². The van der Waals surface area contributed by atoms with Gasteiger partial charge in [0.1, 0.15) is 13.2 Å². The Morgan fingerprint density at radius 1 is 0.650 bits per heavy atom. The van der Waals surface area contributed by atoms with Gasteiger partial charge in [-0.05, 0) is 11.1 Å². The Morgan fingerprint density at radius 2 is 0.950 bits per heavy atom. The first-order chi connectivity index (χ1) is 8.83. The number of rotatable bonds is 5. The minimum atomic E-state index is 0. The average molecular weight is 406 g/mol. The van der Waals surface area contributed by atoms with Crippen molar-refractivity contribution in [1.29, 1.82) is 0 Å². The van der Waals surface area contributed by atoms with Crippen LogP contribution < -0.4 is 43.1 Å². The normalized spacial score (nSPS) is 9.50. The van der Waals surface area contributed by atoms with Crippen molar-refractivity contribution < 1.29 is 53.3 Å². The fourth-order valence-corrected chi connectivity index (χ4v) is 1.83. The maximum Gasteiger partial charge on any atom is 0.171 e. The van der Waals surface area contributed by atoms with E-state index in [1.165, 1.54) is 0 Å². The maximum absolute atomic E-state index is 8.84. The number of aliphatic hydroxyl groups is 2. The van der Waals surface area contributed by atoms with Crippen LogP contribution in [0.2, 0.25) is 0 Å². The molecule has 0 atom stereocenters. The molecule has 4 nitrogen and oxygen atoms in total. The van der Waals surface area contributed by atoms with Crippen molar-refractivity contribution in [2.45, 2.75) is 13.1 Å². The zero-order valence-electron chi connectivity index (χ0n) is 11.0. The minimum absolute atomic E-state index is 0. The van der Waals surface area contributed by atoms with Gasteiger partial charge >= 0.3 is 0 Å². The molecule has 2 heterocycles. The van der Waals surface area contributed by atoms with Gasteiger partial charge in [-0.15, -0.1) is 0 Å². The van der Waals surface area contributed by atoms with E-state index in [2.05, 4.69) is 0 Å². The lowest BCUT2D eigenvalue weighted by molar-refractivity contribution is -0.698. The Kier molecular flexibility index (Phi) is 9.58. The largest absolute Gasteiger partial charge is 1.00 e. The molecule has 20 heavy (non-hydrogen) atoms. The predicted molar refractivity (Wildman–Crippen MR) is 66.4 cm³/mol. The second kappa shape index (κ2) is 9.99. The highest BCUT2D eigenvalue weighted by Gasteiger charge is 2.04. The first-order valence-corrected chi connectivity index (χ1v) is 6.04. The van der Waals surface area contributed by atoms with Crippen LogP contribution in [-0.2, 0) is 13.1 Å². The fraction of sp³-hybridized carbons (Fsp3) is 0.286. The van der Waals surface area contributed by atoms with Crippen LogP contribution in [0.3, 0.4) is 0 Å². The molecule has 2 N–H and O–H groups in total. The lowest BCUT2D eigenvalue weighted by Gasteiger charge is -2.00. The number of nitrogens with zero attached hydrogens (tertiary/aromatic N) is 2. The monoisotopic (exact) mass is 404 g/mol. The van der Waals surface area contributed by atoms with Crippen molar-refractivity contribution in [3.63, 3.8) is 0 Å². The van der Waals surface area contributed by atoms with Gasteiger partial charge in [-0.2, -0.15) is 0 Å². The quantitative estimate of drug-likeness (QED) is 0.486. The van der Waals surface area contributed by atoms with Crippen LogP contribution in [0.5, 0.6) is 0 Å². The van der Waals surface area contributed by atoms with Crippen LogP contribution in [0.1, 0.15) is 0 Å². The highest BCUT2D eigenvalue weighted by atomic mass is 79.9. The molecular weight excluding hydrogens is 388 g/mol. The number of halogens is 2. The molecule has 0 aromatic carbocycles. The molecule has 0 fully saturated rings. The topological polar surface area (TPSA) is 48.2 Å². The van der Waals surface area contributed by atoms with Crippen molar-refractivity contribution in [3.05, 3.63) is 49.1 Å². The Labute approximate surface area is 139 Å². The van der Waals surface area contributed by atoms with Crippen molar-refractivity contribution in [2.75, 3.05) is 13.2 Å². The van der Waals surface area contributed by atoms with Gasteiger partial charge in [-0.25, -0.2) is 9.13 Å². The number of aromatic nitrogens is 2. The molecule has 0 saturated carbocycles. The van der Waals surface area contributed by atoms with Crippen LogP contribution in [0.15, 0.2) is 49.1 Å². The molecule has 2 rings (SSSR count). The molecular formula is C14H18Br2N2O2. The first kappa shape index (κ1) is 19.2. The lowest BCUT2D eigenvalue weighted by Crippen LogP contribution is -3.00. The molecule has 6 heteroatoms. The smallest absolute Gasteiger partial charge is 0.171 e. The molecule has 0 spiro atoms. The zero-order valence-corrected chi connectivity index (χ0v) is 14.2. The van der Waals surface area contributed by atoms with Gasteiger partial charge in [0.05, 0.1) is 0 Å². The number of hydrogen-bond acceptors (Lipinski definition) is 2. The maximum atomic E-state index is 8.84. The minimum Gasteiger partial charge on any atom is -1.00 e. The van der Waals surface area contributed by atoms with Gasteiger partial charge < -0.3 is 44.2 Å². The van der Waals surface area contributed by atoms with E-state index in [1.807, 2.05) is 58.2 Å². The summed E-state index contributed by atoms with van der Waals surface area (Å²) in [5.41, 5.74) is 2.28. The van der Waals surface area contributed by atoms with E-state index in [0.29, 0.717) is 13.1 Å². The van der Waals surface area contributed by atoms with E-state index < -0.39 is 0 Å².